The number of carbonyl (C=O) groups excluding carboxylic acids is 1. The Morgan fingerprint density at radius 2 is 2.19 bits per heavy atom. The second-order valence-electron chi connectivity index (χ2n) is 6.87. The lowest BCUT2D eigenvalue weighted by Crippen LogP contribution is -2.46. The lowest BCUT2D eigenvalue weighted by molar-refractivity contribution is -0.129. The van der Waals surface area contributed by atoms with Gasteiger partial charge in [0.05, 0.1) is 0 Å². The van der Waals surface area contributed by atoms with Crippen molar-refractivity contribution in [3.63, 3.8) is 0 Å². The molecule has 1 aliphatic carbocycles. The van der Waals surface area contributed by atoms with E-state index < -0.39 is 0 Å². The van der Waals surface area contributed by atoms with Gasteiger partial charge in [-0.3, -0.25) is 9.79 Å². The van der Waals surface area contributed by atoms with Crippen molar-refractivity contribution in [2.45, 2.75) is 51.1 Å². The molecule has 1 saturated carbocycles. The third kappa shape index (κ3) is 4.29. The number of benzene rings is 1. The number of amides is 1. The first-order chi connectivity index (χ1) is 12.5. The first kappa shape index (κ1) is 19.0. The van der Waals surface area contributed by atoms with Crippen LogP contribution in [0.2, 0.25) is 5.02 Å². The number of nitrogens with one attached hydrogen (secondary N) is 2. The molecule has 7 heteroatoms. The summed E-state index contributed by atoms with van der Waals surface area (Å²) in [6.45, 7) is 5.99. The molecule has 3 atom stereocenters. The molecule has 3 rings (SSSR count). The molecule has 0 spiro atoms. The molecule has 3 unspecified atom stereocenters. The number of hydrogen-bond acceptors (Lipinski definition) is 2. The van der Waals surface area contributed by atoms with E-state index in [1.165, 1.54) is 6.07 Å². The largest absolute Gasteiger partial charge is 0.353 e. The second kappa shape index (κ2) is 8.25. The Kier molecular flexibility index (Phi) is 6.01. The number of aliphatic imine (C=N–C) groups is 1. The monoisotopic (exact) mass is 380 g/mol. The standard InChI is InChI=1S/C19H26ClFN4O/c1-3-17(26)25-9-8-12(11-25)23-19(22-4-2)24-16-10-13(16)18-14(20)6-5-7-15(18)21/h5-7,12-13,16H,3-4,8-11H2,1-2H3,(H2,22,23,24). The Morgan fingerprint density at radius 3 is 2.88 bits per heavy atom. The average Bonchev–Trinajstić information content (AvgIpc) is 3.18. The van der Waals surface area contributed by atoms with Gasteiger partial charge in [0.25, 0.3) is 0 Å². The zero-order chi connectivity index (χ0) is 18.7. The van der Waals surface area contributed by atoms with Crippen LogP contribution in [0.3, 0.4) is 0 Å². The minimum absolute atomic E-state index is 0.0642. The van der Waals surface area contributed by atoms with Crippen LogP contribution < -0.4 is 10.6 Å². The van der Waals surface area contributed by atoms with Gasteiger partial charge in [0.2, 0.25) is 5.91 Å². The normalized spacial score (nSPS) is 25.3. The Bertz CT molecular complexity index is 676. The summed E-state index contributed by atoms with van der Waals surface area (Å²) in [4.78, 5) is 18.2. The van der Waals surface area contributed by atoms with Gasteiger partial charge >= 0.3 is 0 Å². The minimum Gasteiger partial charge on any atom is -0.353 e. The van der Waals surface area contributed by atoms with Crippen molar-refractivity contribution < 1.29 is 9.18 Å². The van der Waals surface area contributed by atoms with E-state index in [2.05, 4.69) is 15.6 Å². The number of likely N-dealkylation sites (tertiary alicyclic amines) is 1. The van der Waals surface area contributed by atoms with Crippen molar-refractivity contribution >= 4 is 23.5 Å². The smallest absolute Gasteiger partial charge is 0.222 e. The third-order valence-electron chi connectivity index (χ3n) is 4.98. The summed E-state index contributed by atoms with van der Waals surface area (Å²) in [5.41, 5.74) is 0.586. The number of nitrogens with zero attached hydrogens (tertiary/aromatic N) is 2. The van der Waals surface area contributed by atoms with E-state index in [0.29, 0.717) is 30.1 Å². The SMILES string of the molecule is CCN=C(NC1CCN(C(=O)CC)C1)NC1CC1c1c(F)cccc1Cl. The Labute approximate surface area is 159 Å². The summed E-state index contributed by atoms with van der Waals surface area (Å²) in [6, 6.07) is 5.12. The van der Waals surface area contributed by atoms with Gasteiger partial charge < -0.3 is 15.5 Å². The molecule has 0 bridgehead atoms. The molecule has 0 aromatic heterocycles. The molecule has 1 aromatic carbocycles. The predicted octanol–water partition coefficient (Wildman–Crippen LogP) is 2.90. The topological polar surface area (TPSA) is 56.7 Å². The highest BCUT2D eigenvalue weighted by molar-refractivity contribution is 6.31. The Morgan fingerprint density at radius 1 is 1.38 bits per heavy atom. The maximum atomic E-state index is 14.1. The number of carbonyl (C=O) groups is 1. The van der Waals surface area contributed by atoms with Gasteiger partial charge in [-0.2, -0.15) is 0 Å². The number of rotatable bonds is 5. The number of halogens is 2. The molecular formula is C19H26ClFN4O. The average molecular weight is 381 g/mol. The van der Waals surface area contributed by atoms with E-state index in [1.54, 1.807) is 12.1 Å². The van der Waals surface area contributed by atoms with Crippen LogP contribution in [-0.4, -0.2) is 48.5 Å². The van der Waals surface area contributed by atoms with Crippen molar-refractivity contribution in [1.82, 2.24) is 15.5 Å². The van der Waals surface area contributed by atoms with Crippen molar-refractivity contribution in [2.75, 3.05) is 19.6 Å². The van der Waals surface area contributed by atoms with Crippen LogP contribution in [0.4, 0.5) is 4.39 Å². The molecule has 142 valence electrons. The zero-order valence-corrected chi connectivity index (χ0v) is 16.0. The van der Waals surface area contributed by atoms with Crippen molar-refractivity contribution in [3.8, 4) is 0 Å². The summed E-state index contributed by atoms with van der Waals surface area (Å²) < 4.78 is 14.1. The fourth-order valence-corrected chi connectivity index (χ4v) is 3.83. The van der Waals surface area contributed by atoms with E-state index in [4.69, 9.17) is 11.6 Å². The van der Waals surface area contributed by atoms with Gasteiger partial charge in [-0.05, 0) is 31.9 Å². The number of guanidine groups is 1. The van der Waals surface area contributed by atoms with Gasteiger partial charge in [-0.1, -0.05) is 24.6 Å². The van der Waals surface area contributed by atoms with Gasteiger partial charge in [0, 0.05) is 54.6 Å². The summed E-state index contributed by atoms with van der Waals surface area (Å²) in [6.07, 6.45) is 2.27. The highest BCUT2D eigenvalue weighted by atomic mass is 35.5. The second-order valence-corrected chi connectivity index (χ2v) is 7.28. The first-order valence-electron chi connectivity index (χ1n) is 9.32. The van der Waals surface area contributed by atoms with Crippen LogP contribution >= 0.6 is 11.6 Å². The Hall–Kier alpha value is -1.82. The quantitative estimate of drug-likeness (QED) is 0.610. The summed E-state index contributed by atoms with van der Waals surface area (Å²) in [7, 11) is 0. The van der Waals surface area contributed by atoms with E-state index in [-0.39, 0.29) is 29.7 Å². The molecular weight excluding hydrogens is 355 g/mol. The van der Waals surface area contributed by atoms with Gasteiger partial charge in [0.15, 0.2) is 5.96 Å². The van der Waals surface area contributed by atoms with Crippen molar-refractivity contribution in [2.24, 2.45) is 4.99 Å². The lowest BCUT2D eigenvalue weighted by Gasteiger charge is -2.19. The van der Waals surface area contributed by atoms with Crippen LogP contribution in [-0.2, 0) is 4.79 Å². The van der Waals surface area contributed by atoms with Gasteiger partial charge in [-0.25, -0.2) is 4.39 Å². The molecule has 26 heavy (non-hydrogen) atoms. The molecule has 2 N–H and O–H groups in total. The van der Waals surface area contributed by atoms with Crippen molar-refractivity contribution in [1.29, 1.82) is 0 Å². The molecule has 1 saturated heterocycles. The third-order valence-corrected chi connectivity index (χ3v) is 5.31. The fourth-order valence-electron chi connectivity index (χ4n) is 3.53. The van der Waals surface area contributed by atoms with Crippen LogP contribution in [0.5, 0.6) is 0 Å². The van der Waals surface area contributed by atoms with Crippen LogP contribution in [0.1, 0.15) is 44.6 Å². The van der Waals surface area contributed by atoms with E-state index in [0.717, 1.165) is 25.3 Å². The van der Waals surface area contributed by atoms with Crippen LogP contribution in [0.25, 0.3) is 0 Å². The summed E-state index contributed by atoms with van der Waals surface area (Å²) >= 11 is 6.17. The Balaban J connectivity index is 1.58. The van der Waals surface area contributed by atoms with Crippen LogP contribution in [0.15, 0.2) is 23.2 Å². The van der Waals surface area contributed by atoms with Crippen LogP contribution in [0, 0.1) is 5.82 Å². The molecule has 1 aromatic rings. The summed E-state index contributed by atoms with van der Waals surface area (Å²) in [5.74, 6) is 0.725. The highest BCUT2D eigenvalue weighted by Gasteiger charge is 2.42. The molecule has 5 nitrogen and oxygen atoms in total. The molecule has 1 aliphatic heterocycles. The first-order valence-corrected chi connectivity index (χ1v) is 9.70. The fraction of sp³-hybridized carbons (Fsp3) is 0.579. The van der Waals surface area contributed by atoms with Crippen molar-refractivity contribution in [3.05, 3.63) is 34.6 Å². The maximum absolute atomic E-state index is 14.1. The number of hydrogen-bond donors (Lipinski definition) is 2. The highest BCUT2D eigenvalue weighted by Crippen LogP contribution is 2.44. The van der Waals surface area contributed by atoms with E-state index in [9.17, 15) is 9.18 Å². The predicted molar refractivity (Wildman–Crippen MR) is 102 cm³/mol. The van der Waals surface area contributed by atoms with E-state index in [1.807, 2.05) is 18.7 Å². The summed E-state index contributed by atoms with van der Waals surface area (Å²) in [5, 5.41) is 7.28. The molecule has 0 radical (unpaired) electrons. The van der Waals surface area contributed by atoms with Gasteiger partial charge in [-0.15, -0.1) is 0 Å². The molecule has 2 fully saturated rings. The molecule has 1 amide bonds. The minimum atomic E-state index is -0.252. The molecule has 1 heterocycles. The lowest BCUT2D eigenvalue weighted by atomic mass is 10.1. The maximum Gasteiger partial charge on any atom is 0.222 e. The molecule has 2 aliphatic rings. The zero-order valence-electron chi connectivity index (χ0n) is 15.3. The van der Waals surface area contributed by atoms with Gasteiger partial charge in [0.1, 0.15) is 5.82 Å². The van der Waals surface area contributed by atoms with E-state index >= 15 is 0 Å².